The van der Waals surface area contributed by atoms with Crippen LogP contribution >= 0.6 is 0 Å². The summed E-state index contributed by atoms with van der Waals surface area (Å²) in [5, 5.41) is 4.14. The second-order valence-electron chi connectivity index (χ2n) is 6.92. The average molecular weight is 337 g/mol. The third-order valence-electron chi connectivity index (χ3n) is 4.74. The zero-order valence-electron chi connectivity index (χ0n) is 14.9. The molecular weight excluding hydrogens is 314 g/mol. The molecule has 0 saturated carbocycles. The van der Waals surface area contributed by atoms with Gasteiger partial charge in [-0.3, -0.25) is 4.90 Å². The maximum atomic E-state index is 5.41. The predicted molar refractivity (Wildman–Crippen MR) is 94.8 cm³/mol. The van der Waals surface area contributed by atoms with Crippen molar-refractivity contribution >= 4 is 0 Å². The molecule has 0 spiro atoms. The zero-order valence-corrected chi connectivity index (χ0v) is 14.9. The van der Waals surface area contributed by atoms with Gasteiger partial charge in [-0.2, -0.15) is 4.98 Å². The Balaban J connectivity index is 1.48. The first-order valence-corrected chi connectivity index (χ1v) is 8.76. The van der Waals surface area contributed by atoms with Gasteiger partial charge in [-0.1, -0.05) is 37.2 Å². The Morgan fingerprint density at radius 1 is 1.16 bits per heavy atom. The number of rotatable bonds is 4. The highest BCUT2D eigenvalue weighted by Gasteiger charge is 2.24. The summed E-state index contributed by atoms with van der Waals surface area (Å²) in [6.45, 7) is 6.89. The molecule has 6 heteroatoms. The fourth-order valence-corrected chi connectivity index (χ4v) is 3.47. The maximum Gasteiger partial charge on any atom is 0.257 e. The van der Waals surface area contributed by atoms with Crippen molar-refractivity contribution in [2.24, 2.45) is 7.05 Å². The second-order valence-corrected chi connectivity index (χ2v) is 6.92. The van der Waals surface area contributed by atoms with E-state index in [1.807, 2.05) is 30.3 Å². The Kier molecular flexibility index (Phi) is 4.13. The lowest BCUT2D eigenvalue weighted by molar-refractivity contribution is 0.230. The SMILES string of the molecule is CC(C)c1nc2c(n1C)CCN(Cc1noc(-c3ccccc3)n1)C2. The molecule has 0 amide bonds. The second kappa shape index (κ2) is 6.44. The molecule has 0 radical (unpaired) electrons. The third kappa shape index (κ3) is 3.09. The van der Waals surface area contributed by atoms with Gasteiger partial charge >= 0.3 is 0 Å². The molecule has 3 heterocycles. The number of imidazole rings is 1. The molecule has 130 valence electrons. The summed E-state index contributed by atoms with van der Waals surface area (Å²) in [4.78, 5) is 11.7. The lowest BCUT2D eigenvalue weighted by Gasteiger charge is -2.25. The van der Waals surface area contributed by atoms with E-state index in [2.05, 4.69) is 40.5 Å². The van der Waals surface area contributed by atoms with Gasteiger partial charge in [0.25, 0.3) is 5.89 Å². The molecule has 1 aromatic carbocycles. The number of fused-ring (bicyclic) bond motifs is 1. The van der Waals surface area contributed by atoms with Gasteiger partial charge in [0.2, 0.25) is 0 Å². The van der Waals surface area contributed by atoms with Crippen LogP contribution in [0.1, 0.15) is 42.8 Å². The normalized spacial score (nSPS) is 14.9. The maximum absolute atomic E-state index is 5.41. The van der Waals surface area contributed by atoms with Crippen LogP contribution in [0.4, 0.5) is 0 Å². The number of benzene rings is 1. The molecule has 0 fully saturated rings. The van der Waals surface area contributed by atoms with E-state index >= 15 is 0 Å². The highest BCUT2D eigenvalue weighted by atomic mass is 16.5. The van der Waals surface area contributed by atoms with Crippen molar-refractivity contribution in [2.45, 2.75) is 39.3 Å². The standard InChI is InChI=1S/C19H23N5O/c1-13(2)18-20-15-11-24(10-9-16(15)23(18)3)12-17-21-19(25-22-17)14-7-5-4-6-8-14/h4-8,13H,9-12H2,1-3H3. The lowest BCUT2D eigenvalue weighted by Crippen LogP contribution is -2.31. The van der Waals surface area contributed by atoms with Crippen molar-refractivity contribution in [3.8, 4) is 11.5 Å². The van der Waals surface area contributed by atoms with Crippen LogP contribution in [0.3, 0.4) is 0 Å². The molecule has 0 atom stereocenters. The number of aromatic nitrogens is 4. The Morgan fingerprint density at radius 3 is 2.72 bits per heavy atom. The van der Waals surface area contributed by atoms with Crippen molar-refractivity contribution in [1.29, 1.82) is 0 Å². The smallest absolute Gasteiger partial charge is 0.257 e. The largest absolute Gasteiger partial charge is 0.335 e. The Hall–Kier alpha value is -2.47. The highest BCUT2D eigenvalue weighted by molar-refractivity contribution is 5.51. The topological polar surface area (TPSA) is 60.0 Å². The molecule has 1 aliphatic heterocycles. The van der Waals surface area contributed by atoms with Gasteiger partial charge in [-0.15, -0.1) is 0 Å². The van der Waals surface area contributed by atoms with Crippen LogP contribution in [0.15, 0.2) is 34.9 Å². The molecule has 25 heavy (non-hydrogen) atoms. The highest BCUT2D eigenvalue weighted by Crippen LogP contribution is 2.24. The first-order valence-electron chi connectivity index (χ1n) is 8.76. The summed E-state index contributed by atoms with van der Waals surface area (Å²) < 4.78 is 7.67. The quantitative estimate of drug-likeness (QED) is 0.732. The average Bonchev–Trinajstić information content (AvgIpc) is 3.21. The Labute approximate surface area is 147 Å². The van der Waals surface area contributed by atoms with Crippen LogP contribution in [0.5, 0.6) is 0 Å². The van der Waals surface area contributed by atoms with Gasteiger partial charge in [-0.05, 0) is 12.1 Å². The van der Waals surface area contributed by atoms with Crippen molar-refractivity contribution in [3.63, 3.8) is 0 Å². The van der Waals surface area contributed by atoms with Crippen LogP contribution in [-0.4, -0.2) is 31.1 Å². The summed E-state index contributed by atoms with van der Waals surface area (Å²) >= 11 is 0. The van der Waals surface area contributed by atoms with Crippen LogP contribution < -0.4 is 0 Å². The van der Waals surface area contributed by atoms with Gasteiger partial charge in [-0.25, -0.2) is 4.98 Å². The number of hydrogen-bond donors (Lipinski definition) is 0. The minimum Gasteiger partial charge on any atom is -0.335 e. The molecule has 0 saturated heterocycles. The van der Waals surface area contributed by atoms with E-state index in [4.69, 9.17) is 9.51 Å². The summed E-state index contributed by atoms with van der Waals surface area (Å²) in [5.41, 5.74) is 3.50. The van der Waals surface area contributed by atoms with Gasteiger partial charge in [0.1, 0.15) is 5.82 Å². The van der Waals surface area contributed by atoms with E-state index in [0.717, 1.165) is 36.7 Å². The first kappa shape index (κ1) is 16.0. The molecule has 0 bridgehead atoms. The Bertz CT molecular complexity index is 865. The van der Waals surface area contributed by atoms with Crippen molar-refractivity contribution < 1.29 is 4.52 Å². The summed E-state index contributed by atoms with van der Waals surface area (Å²) in [6, 6.07) is 9.87. The van der Waals surface area contributed by atoms with E-state index in [1.54, 1.807) is 0 Å². The molecular formula is C19H23N5O. The fraction of sp³-hybridized carbons (Fsp3) is 0.421. The number of nitrogens with zero attached hydrogens (tertiary/aromatic N) is 5. The van der Waals surface area contributed by atoms with E-state index in [1.165, 1.54) is 11.4 Å². The van der Waals surface area contributed by atoms with Crippen molar-refractivity contribution in [2.75, 3.05) is 6.54 Å². The van der Waals surface area contributed by atoms with Gasteiger partial charge < -0.3 is 9.09 Å². The third-order valence-corrected chi connectivity index (χ3v) is 4.74. The van der Waals surface area contributed by atoms with E-state index < -0.39 is 0 Å². The molecule has 1 aliphatic rings. The van der Waals surface area contributed by atoms with Gasteiger partial charge in [0.15, 0.2) is 5.82 Å². The van der Waals surface area contributed by atoms with Crippen LogP contribution in [0.25, 0.3) is 11.5 Å². The van der Waals surface area contributed by atoms with Crippen LogP contribution in [-0.2, 0) is 26.6 Å². The molecule has 6 nitrogen and oxygen atoms in total. The molecule has 0 unspecified atom stereocenters. The lowest BCUT2D eigenvalue weighted by atomic mass is 10.1. The van der Waals surface area contributed by atoms with Crippen LogP contribution in [0.2, 0.25) is 0 Å². The monoisotopic (exact) mass is 337 g/mol. The number of hydrogen-bond acceptors (Lipinski definition) is 5. The van der Waals surface area contributed by atoms with Crippen LogP contribution in [0, 0.1) is 0 Å². The van der Waals surface area contributed by atoms with E-state index in [9.17, 15) is 0 Å². The minimum absolute atomic E-state index is 0.440. The van der Waals surface area contributed by atoms with E-state index in [-0.39, 0.29) is 0 Å². The predicted octanol–water partition coefficient (Wildman–Crippen LogP) is 3.15. The first-order chi connectivity index (χ1) is 12.1. The van der Waals surface area contributed by atoms with Crippen molar-refractivity contribution in [3.05, 3.63) is 53.4 Å². The van der Waals surface area contributed by atoms with Gasteiger partial charge in [0, 0.05) is 43.7 Å². The molecule has 0 aliphatic carbocycles. The minimum atomic E-state index is 0.440. The molecule has 2 aromatic heterocycles. The van der Waals surface area contributed by atoms with E-state index in [0.29, 0.717) is 18.4 Å². The Morgan fingerprint density at radius 2 is 1.96 bits per heavy atom. The molecule has 0 N–H and O–H groups in total. The summed E-state index contributed by atoms with van der Waals surface area (Å²) in [5.74, 6) is 2.91. The zero-order chi connectivity index (χ0) is 17.4. The van der Waals surface area contributed by atoms with Crippen molar-refractivity contribution in [1.82, 2.24) is 24.6 Å². The summed E-state index contributed by atoms with van der Waals surface area (Å²) in [7, 11) is 2.13. The molecule has 4 rings (SSSR count). The van der Waals surface area contributed by atoms with Gasteiger partial charge in [0.05, 0.1) is 12.2 Å². The fourth-order valence-electron chi connectivity index (χ4n) is 3.47. The summed E-state index contributed by atoms with van der Waals surface area (Å²) in [6.07, 6.45) is 1.01. The molecule has 3 aromatic rings.